The van der Waals surface area contributed by atoms with E-state index in [1.54, 1.807) is 11.9 Å². The number of hydrogen-bond donors (Lipinski definition) is 0. The van der Waals surface area contributed by atoms with Gasteiger partial charge in [-0.05, 0) is 40.2 Å². The molecule has 2 aliphatic heterocycles. The molecule has 2 aromatic rings. The molecule has 0 bridgehead atoms. The van der Waals surface area contributed by atoms with Crippen molar-refractivity contribution < 1.29 is 22.7 Å². The molecule has 1 saturated heterocycles. The normalized spacial score (nSPS) is 20.6. The molecule has 1 aromatic carbocycles. The minimum Gasteiger partial charge on any atom is -0.483 e. The Morgan fingerprint density at radius 3 is 2.78 bits per heavy atom. The van der Waals surface area contributed by atoms with Crippen molar-refractivity contribution in [3.8, 4) is 11.5 Å². The van der Waals surface area contributed by atoms with Crippen molar-refractivity contribution in [2.75, 3.05) is 25.2 Å². The highest BCUT2D eigenvalue weighted by Gasteiger charge is 2.33. The average molecular weight is 462 g/mol. The smallest absolute Gasteiger partial charge is 0.260 e. The predicted octanol–water partition coefficient (Wildman–Crippen LogP) is 2.61. The molecular weight excluding hydrogens is 430 g/mol. The number of nitrogens with zero attached hydrogens (tertiary/aromatic N) is 3. The van der Waals surface area contributed by atoms with Gasteiger partial charge in [0.1, 0.15) is 5.60 Å². The minimum absolute atomic E-state index is 0.0934. The van der Waals surface area contributed by atoms with Gasteiger partial charge >= 0.3 is 0 Å². The fourth-order valence-electron chi connectivity index (χ4n) is 4.53. The van der Waals surface area contributed by atoms with Gasteiger partial charge in [0.2, 0.25) is 0 Å². The molecule has 1 aromatic heterocycles. The number of hydrogen-bond acceptors (Lipinski definition) is 6. The van der Waals surface area contributed by atoms with E-state index in [0.29, 0.717) is 24.5 Å². The third-order valence-corrected chi connectivity index (χ3v) is 8.01. The molecule has 0 aliphatic carbocycles. The quantitative estimate of drug-likeness (QED) is 0.657. The van der Waals surface area contributed by atoms with Gasteiger partial charge in [-0.3, -0.25) is 9.48 Å². The van der Waals surface area contributed by atoms with Crippen molar-refractivity contribution in [1.82, 2.24) is 14.7 Å². The van der Waals surface area contributed by atoms with E-state index in [9.17, 15) is 13.2 Å². The largest absolute Gasteiger partial charge is 0.483 e. The first-order valence-corrected chi connectivity index (χ1v) is 12.7. The zero-order chi connectivity index (χ0) is 23.3. The van der Waals surface area contributed by atoms with Crippen LogP contribution in [0.25, 0.3) is 0 Å². The number of ether oxygens (including phenoxy) is 2. The zero-order valence-corrected chi connectivity index (χ0v) is 20.2. The lowest BCUT2D eigenvalue weighted by Gasteiger charge is -2.20. The molecule has 174 valence electrons. The van der Waals surface area contributed by atoms with Gasteiger partial charge in [-0.25, -0.2) is 8.42 Å². The van der Waals surface area contributed by atoms with Crippen molar-refractivity contribution in [3.05, 3.63) is 40.7 Å². The molecule has 1 atom stereocenters. The summed E-state index contributed by atoms with van der Waals surface area (Å²) >= 11 is 0. The van der Waals surface area contributed by atoms with Crippen molar-refractivity contribution in [1.29, 1.82) is 0 Å². The van der Waals surface area contributed by atoms with Crippen LogP contribution in [-0.2, 0) is 27.6 Å². The van der Waals surface area contributed by atoms with Crippen LogP contribution in [-0.4, -0.2) is 59.8 Å². The molecule has 1 amide bonds. The van der Waals surface area contributed by atoms with E-state index >= 15 is 0 Å². The van der Waals surface area contributed by atoms with Crippen LogP contribution in [0.2, 0.25) is 0 Å². The summed E-state index contributed by atoms with van der Waals surface area (Å²) in [6.07, 6.45) is 1.38. The second-order valence-corrected chi connectivity index (χ2v) is 11.7. The monoisotopic (exact) mass is 461 g/mol. The number of sulfone groups is 1. The standard InChI is InChI=1S/C23H31N3O5S/c1-15-19(16(2)26(24-15)18-9-10-32(28,29)14-18)12-25(5)21(27)13-30-20-8-6-7-17-11-23(3,4)31-22(17)20/h6-8,18H,9-14H2,1-5H3. The topological polar surface area (TPSA) is 90.7 Å². The van der Waals surface area contributed by atoms with Gasteiger partial charge in [0.25, 0.3) is 5.91 Å². The van der Waals surface area contributed by atoms with Crippen LogP contribution in [0.3, 0.4) is 0 Å². The average Bonchev–Trinajstić information content (AvgIpc) is 3.32. The second kappa shape index (κ2) is 8.10. The lowest BCUT2D eigenvalue weighted by Crippen LogP contribution is -2.31. The summed E-state index contributed by atoms with van der Waals surface area (Å²) < 4.78 is 37.4. The molecule has 0 N–H and O–H groups in total. The van der Waals surface area contributed by atoms with Crippen molar-refractivity contribution in [3.63, 3.8) is 0 Å². The van der Waals surface area contributed by atoms with E-state index in [4.69, 9.17) is 9.47 Å². The molecule has 0 spiro atoms. The maximum Gasteiger partial charge on any atom is 0.260 e. The second-order valence-electron chi connectivity index (χ2n) is 9.47. The summed E-state index contributed by atoms with van der Waals surface area (Å²) in [6, 6.07) is 5.61. The highest BCUT2D eigenvalue weighted by atomic mass is 32.2. The van der Waals surface area contributed by atoms with E-state index in [1.165, 1.54) is 0 Å². The van der Waals surface area contributed by atoms with Crippen LogP contribution in [0.4, 0.5) is 0 Å². The lowest BCUT2D eigenvalue weighted by molar-refractivity contribution is -0.132. The van der Waals surface area contributed by atoms with Gasteiger partial charge in [-0.1, -0.05) is 12.1 Å². The number of aromatic nitrogens is 2. The minimum atomic E-state index is -3.00. The van der Waals surface area contributed by atoms with E-state index < -0.39 is 9.84 Å². The van der Waals surface area contributed by atoms with Crippen LogP contribution in [0.1, 0.15) is 48.8 Å². The number of rotatable bonds is 6. The molecule has 0 saturated carbocycles. The predicted molar refractivity (Wildman–Crippen MR) is 121 cm³/mol. The zero-order valence-electron chi connectivity index (χ0n) is 19.3. The molecule has 4 rings (SSSR count). The van der Waals surface area contributed by atoms with Crippen LogP contribution in [0.5, 0.6) is 11.5 Å². The van der Waals surface area contributed by atoms with E-state index in [1.807, 2.05) is 50.6 Å². The number of fused-ring (bicyclic) bond motifs is 1. The lowest BCUT2D eigenvalue weighted by atomic mass is 10.0. The molecule has 3 heterocycles. The molecule has 1 unspecified atom stereocenters. The fourth-order valence-corrected chi connectivity index (χ4v) is 6.22. The first-order valence-electron chi connectivity index (χ1n) is 10.9. The van der Waals surface area contributed by atoms with Crippen molar-refractivity contribution in [2.45, 2.75) is 58.7 Å². The van der Waals surface area contributed by atoms with Crippen molar-refractivity contribution in [2.24, 2.45) is 0 Å². The Balaban J connectivity index is 1.41. The summed E-state index contributed by atoms with van der Waals surface area (Å²) in [5, 5.41) is 4.58. The number of carbonyl (C=O) groups is 1. The number of amides is 1. The number of para-hydroxylation sites is 1. The molecule has 9 heteroatoms. The van der Waals surface area contributed by atoms with Gasteiger partial charge in [0, 0.05) is 36.8 Å². The Hall–Kier alpha value is -2.55. The summed E-state index contributed by atoms with van der Waals surface area (Å²) in [5.74, 6) is 1.46. The van der Waals surface area contributed by atoms with E-state index in [2.05, 4.69) is 5.10 Å². The molecule has 2 aliphatic rings. The SMILES string of the molecule is Cc1nn(C2CCS(=O)(=O)C2)c(C)c1CN(C)C(=O)COc1cccc2c1OC(C)(C)C2. The third kappa shape index (κ3) is 4.48. The first-order chi connectivity index (χ1) is 15.0. The Morgan fingerprint density at radius 1 is 1.34 bits per heavy atom. The fraction of sp³-hybridized carbons (Fsp3) is 0.565. The van der Waals surface area contributed by atoms with E-state index in [-0.39, 0.29) is 35.7 Å². The van der Waals surface area contributed by atoms with Crippen LogP contribution >= 0.6 is 0 Å². The molecule has 1 fully saturated rings. The van der Waals surface area contributed by atoms with Gasteiger partial charge in [0.15, 0.2) is 27.9 Å². The Kier molecular flexibility index (Phi) is 5.73. The van der Waals surface area contributed by atoms with Gasteiger partial charge in [-0.15, -0.1) is 0 Å². The summed E-state index contributed by atoms with van der Waals surface area (Å²) in [6.45, 7) is 8.17. The third-order valence-electron chi connectivity index (χ3n) is 6.26. The summed E-state index contributed by atoms with van der Waals surface area (Å²) in [5.41, 5.74) is 3.46. The highest BCUT2D eigenvalue weighted by molar-refractivity contribution is 7.91. The highest BCUT2D eigenvalue weighted by Crippen LogP contribution is 2.41. The Bertz CT molecular complexity index is 1150. The molecule has 32 heavy (non-hydrogen) atoms. The van der Waals surface area contributed by atoms with Crippen LogP contribution in [0, 0.1) is 13.8 Å². The van der Waals surface area contributed by atoms with Crippen LogP contribution < -0.4 is 9.47 Å². The van der Waals surface area contributed by atoms with E-state index in [0.717, 1.165) is 28.9 Å². The Morgan fingerprint density at radius 2 is 2.09 bits per heavy atom. The molecular formula is C23H31N3O5S. The first kappa shape index (κ1) is 22.6. The number of likely N-dealkylation sites (N-methyl/N-ethyl adjacent to an activating group) is 1. The number of aryl methyl sites for hydroxylation is 1. The van der Waals surface area contributed by atoms with Crippen LogP contribution in [0.15, 0.2) is 18.2 Å². The van der Waals surface area contributed by atoms with Crippen molar-refractivity contribution >= 4 is 15.7 Å². The summed E-state index contributed by atoms with van der Waals surface area (Å²) in [4.78, 5) is 14.4. The molecule has 0 radical (unpaired) electrons. The maximum atomic E-state index is 12.8. The Labute approximate surface area is 189 Å². The van der Waals surface area contributed by atoms with Gasteiger partial charge < -0.3 is 14.4 Å². The maximum absolute atomic E-state index is 12.8. The molecule has 8 nitrogen and oxygen atoms in total. The number of benzene rings is 1. The summed E-state index contributed by atoms with van der Waals surface area (Å²) in [7, 11) is -1.27. The number of carbonyl (C=O) groups excluding carboxylic acids is 1. The van der Waals surface area contributed by atoms with Gasteiger partial charge in [-0.2, -0.15) is 5.10 Å². The van der Waals surface area contributed by atoms with Gasteiger partial charge in [0.05, 0.1) is 23.2 Å².